The van der Waals surface area contributed by atoms with Crippen LogP contribution in [0.3, 0.4) is 0 Å². The number of aliphatic hydroxyl groups excluding tert-OH is 1. The van der Waals surface area contributed by atoms with Gasteiger partial charge in [0.15, 0.2) is 0 Å². The average Bonchev–Trinajstić information content (AvgIpc) is 2.38. The number of hydrogen-bond donors (Lipinski definition) is 2. The van der Waals surface area contributed by atoms with Crippen LogP contribution in [0.2, 0.25) is 0 Å². The Bertz CT molecular complexity index is 397. The van der Waals surface area contributed by atoms with Crippen molar-refractivity contribution in [2.24, 2.45) is 0 Å². The number of halogens is 1. The van der Waals surface area contributed by atoms with Gasteiger partial charge in [0.2, 0.25) is 0 Å². The number of ether oxygens (including phenoxy) is 1. The second kappa shape index (κ2) is 6.55. The Kier molecular flexibility index (Phi) is 5.03. The summed E-state index contributed by atoms with van der Waals surface area (Å²) < 4.78 is 6.32. The fourth-order valence-electron chi connectivity index (χ4n) is 2.42. The van der Waals surface area contributed by atoms with Crippen molar-refractivity contribution in [3.05, 3.63) is 28.2 Å². The first-order chi connectivity index (χ1) is 8.69. The van der Waals surface area contributed by atoms with Crippen molar-refractivity contribution in [2.75, 3.05) is 7.11 Å². The summed E-state index contributed by atoms with van der Waals surface area (Å²) in [4.78, 5) is 0. The second-order valence-electron chi connectivity index (χ2n) is 4.86. The van der Waals surface area contributed by atoms with Gasteiger partial charge in [-0.25, -0.2) is 0 Å². The van der Waals surface area contributed by atoms with E-state index in [1.54, 1.807) is 7.11 Å². The fraction of sp³-hybridized carbons (Fsp3) is 0.571. The van der Waals surface area contributed by atoms with Crippen LogP contribution in [0.4, 0.5) is 0 Å². The van der Waals surface area contributed by atoms with Crippen molar-refractivity contribution in [1.82, 2.24) is 5.32 Å². The molecule has 0 bridgehead atoms. The highest BCUT2D eigenvalue weighted by atomic mass is 79.9. The van der Waals surface area contributed by atoms with Crippen molar-refractivity contribution in [1.29, 1.82) is 0 Å². The van der Waals surface area contributed by atoms with Gasteiger partial charge >= 0.3 is 0 Å². The van der Waals surface area contributed by atoms with Gasteiger partial charge in [0.1, 0.15) is 5.75 Å². The van der Waals surface area contributed by atoms with E-state index in [-0.39, 0.29) is 6.10 Å². The largest absolute Gasteiger partial charge is 0.497 e. The van der Waals surface area contributed by atoms with Crippen LogP contribution in [-0.4, -0.2) is 24.4 Å². The number of hydrogen-bond acceptors (Lipinski definition) is 3. The molecule has 3 nitrogen and oxygen atoms in total. The molecule has 1 fully saturated rings. The molecule has 0 spiro atoms. The molecule has 0 aromatic heterocycles. The minimum Gasteiger partial charge on any atom is -0.497 e. The third kappa shape index (κ3) is 3.70. The van der Waals surface area contributed by atoms with Crippen LogP contribution in [0.15, 0.2) is 22.7 Å². The maximum absolute atomic E-state index is 9.64. The van der Waals surface area contributed by atoms with Gasteiger partial charge in [-0.1, -0.05) is 15.9 Å². The van der Waals surface area contributed by atoms with Gasteiger partial charge in [-0.3, -0.25) is 0 Å². The van der Waals surface area contributed by atoms with Gasteiger partial charge in [-0.2, -0.15) is 0 Å². The highest BCUT2D eigenvalue weighted by Crippen LogP contribution is 2.24. The molecular weight excluding hydrogens is 294 g/mol. The molecule has 0 heterocycles. The summed E-state index contributed by atoms with van der Waals surface area (Å²) in [5, 5.41) is 13.2. The van der Waals surface area contributed by atoms with Gasteiger partial charge < -0.3 is 15.2 Å². The Morgan fingerprint density at radius 2 is 2.28 bits per heavy atom. The van der Waals surface area contributed by atoms with Crippen molar-refractivity contribution in [3.8, 4) is 5.75 Å². The average molecular weight is 314 g/mol. The fourth-order valence-corrected chi connectivity index (χ4v) is 2.80. The molecular formula is C14H20BrNO2. The van der Waals surface area contributed by atoms with Gasteiger partial charge in [0.25, 0.3) is 0 Å². The number of methoxy groups -OCH3 is 1. The molecule has 0 amide bonds. The molecule has 2 atom stereocenters. The standard InChI is InChI=1S/C14H20BrNO2/c1-18-13-5-6-14(15)10(7-13)9-16-11-3-2-4-12(17)8-11/h5-7,11-12,16-17H,2-4,8-9H2,1H3. The summed E-state index contributed by atoms with van der Waals surface area (Å²) in [7, 11) is 1.68. The predicted molar refractivity (Wildman–Crippen MR) is 75.8 cm³/mol. The summed E-state index contributed by atoms with van der Waals surface area (Å²) >= 11 is 3.55. The van der Waals surface area contributed by atoms with E-state index >= 15 is 0 Å². The topological polar surface area (TPSA) is 41.5 Å². The van der Waals surface area contributed by atoms with E-state index < -0.39 is 0 Å². The monoisotopic (exact) mass is 313 g/mol. The van der Waals surface area contributed by atoms with Crippen LogP contribution >= 0.6 is 15.9 Å². The highest BCUT2D eigenvalue weighted by molar-refractivity contribution is 9.10. The Morgan fingerprint density at radius 3 is 3.00 bits per heavy atom. The predicted octanol–water partition coefficient (Wildman–Crippen LogP) is 2.85. The van der Waals surface area contributed by atoms with Crippen LogP contribution in [-0.2, 0) is 6.54 Å². The van der Waals surface area contributed by atoms with Crippen LogP contribution < -0.4 is 10.1 Å². The van der Waals surface area contributed by atoms with E-state index in [2.05, 4.69) is 21.2 Å². The number of benzene rings is 1. The molecule has 2 N–H and O–H groups in total. The number of nitrogens with one attached hydrogen (secondary N) is 1. The molecule has 18 heavy (non-hydrogen) atoms. The lowest BCUT2D eigenvalue weighted by Gasteiger charge is -2.27. The zero-order valence-corrected chi connectivity index (χ0v) is 12.2. The van der Waals surface area contributed by atoms with Gasteiger partial charge in [-0.05, 0) is 49.4 Å². The van der Waals surface area contributed by atoms with E-state index in [4.69, 9.17) is 4.74 Å². The minimum atomic E-state index is -0.134. The minimum absolute atomic E-state index is 0.134. The molecule has 1 saturated carbocycles. The maximum atomic E-state index is 9.64. The van der Waals surface area contributed by atoms with Crippen molar-refractivity contribution < 1.29 is 9.84 Å². The van der Waals surface area contributed by atoms with E-state index in [0.717, 1.165) is 42.5 Å². The van der Waals surface area contributed by atoms with E-state index in [1.807, 2.05) is 18.2 Å². The van der Waals surface area contributed by atoms with Crippen molar-refractivity contribution >= 4 is 15.9 Å². The zero-order valence-electron chi connectivity index (χ0n) is 10.7. The zero-order chi connectivity index (χ0) is 13.0. The summed E-state index contributed by atoms with van der Waals surface area (Å²) in [5.74, 6) is 0.874. The SMILES string of the molecule is COc1ccc(Br)c(CNC2CCCC(O)C2)c1. The van der Waals surface area contributed by atoms with Crippen molar-refractivity contribution in [2.45, 2.75) is 44.4 Å². The Hall–Kier alpha value is -0.580. The molecule has 2 unspecified atom stereocenters. The smallest absolute Gasteiger partial charge is 0.119 e. The Morgan fingerprint density at radius 1 is 1.44 bits per heavy atom. The molecule has 0 aliphatic heterocycles. The summed E-state index contributed by atoms with van der Waals surface area (Å²) in [5.41, 5.74) is 1.19. The van der Waals surface area contributed by atoms with Crippen LogP contribution in [0, 0.1) is 0 Å². The third-order valence-corrected chi connectivity index (χ3v) is 4.25. The molecule has 100 valence electrons. The summed E-state index contributed by atoms with van der Waals surface area (Å²) in [6.07, 6.45) is 3.93. The van der Waals surface area contributed by atoms with E-state index in [9.17, 15) is 5.11 Å². The lowest BCUT2D eigenvalue weighted by atomic mass is 9.93. The Labute approximate surface area is 117 Å². The van der Waals surface area contributed by atoms with Crippen LogP contribution in [0.5, 0.6) is 5.75 Å². The molecule has 4 heteroatoms. The van der Waals surface area contributed by atoms with Gasteiger partial charge in [0.05, 0.1) is 13.2 Å². The molecule has 2 rings (SSSR count). The molecule has 1 aromatic carbocycles. The van der Waals surface area contributed by atoms with E-state index in [1.165, 1.54) is 5.56 Å². The Balaban J connectivity index is 1.92. The first-order valence-electron chi connectivity index (χ1n) is 6.43. The molecule has 1 aromatic rings. The first kappa shape index (κ1) is 13.8. The summed E-state index contributed by atoms with van der Waals surface area (Å²) in [6.45, 7) is 0.801. The highest BCUT2D eigenvalue weighted by Gasteiger charge is 2.19. The van der Waals surface area contributed by atoms with Gasteiger partial charge in [-0.15, -0.1) is 0 Å². The maximum Gasteiger partial charge on any atom is 0.119 e. The van der Waals surface area contributed by atoms with E-state index in [0.29, 0.717) is 6.04 Å². The van der Waals surface area contributed by atoms with Gasteiger partial charge in [0, 0.05) is 17.1 Å². The third-order valence-electron chi connectivity index (χ3n) is 3.48. The normalized spacial score (nSPS) is 23.9. The van der Waals surface area contributed by atoms with Crippen LogP contribution in [0.1, 0.15) is 31.2 Å². The molecule has 1 aliphatic carbocycles. The molecule has 0 radical (unpaired) electrons. The second-order valence-corrected chi connectivity index (χ2v) is 5.71. The molecule has 0 saturated heterocycles. The lowest BCUT2D eigenvalue weighted by Crippen LogP contribution is -2.35. The lowest BCUT2D eigenvalue weighted by molar-refractivity contribution is 0.111. The quantitative estimate of drug-likeness (QED) is 0.898. The van der Waals surface area contributed by atoms with Crippen molar-refractivity contribution in [3.63, 3.8) is 0 Å². The first-order valence-corrected chi connectivity index (χ1v) is 7.22. The summed E-state index contributed by atoms with van der Waals surface area (Å²) in [6, 6.07) is 6.41. The number of rotatable bonds is 4. The molecule has 1 aliphatic rings. The van der Waals surface area contributed by atoms with Crippen LogP contribution in [0.25, 0.3) is 0 Å². The number of aliphatic hydroxyl groups is 1.